The van der Waals surface area contributed by atoms with Gasteiger partial charge in [0.2, 0.25) is 0 Å². The third-order valence-corrected chi connectivity index (χ3v) is 1.18. The van der Waals surface area contributed by atoms with Gasteiger partial charge in [0.25, 0.3) is 0 Å². The first-order valence-electron chi connectivity index (χ1n) is 3.38. The molecule has 6 nitrogen and oxygen atoms in total. The summed E-state index contributed by atoms with van der Waals surface area (Å²) in [6.07, 6.45) is 2.78. The maximum atomic E-state index is 8.51. The molecule has 0 bridgehead atoms. The van der Waals surface area contributed by atoms with Crippen molar-refractivity contribution in [3.05, 3.63) is 12.4 Å². The molecule has 1 heterocycles. The molecule has 0 amide bonds. The highest BCUT2D eigenvalue weighted by molar-refractivity contribution is 6.33. The Morgan fingerprint density at radius 1 is 1.58 bits per heavy atom. The smallest absolute Gasteiger partial charge is 0.509 e. The molecule has 0 aliphatic rings. The van der Waals surface area contributed by atoms with Gasteiger partial charge in [0.1, 0.15) is 5.75 Å². The second-order valence-corrected chi connectivity index (χ2v) is 2.11. The topological polar surface area (TPSA) is 87.7 Å². The summed E-state index contributed by atoms with van der Waals surface area (Å²) in [5.74, 6) is 0.249. The van der Waals surface area contributed by atoms with E-state index in [2.05, 4.69) is 9.75 Å². The lowest BCUT2D eigenvalue weighted by Crippen LogP contribution is -2.20. The number of hydrogen-bond donors (Lipinski definition) is 3. The lowest BCUT2D eigenvalue weighted by molar-refractivity contribution is 0.268. The first kappa shape index (κ1) is 9.05. The van der Waals surface area contributed by atoms with Crippen molar-refractivity contribution in [2.24, 2.45) is 0 Å². The van der Waals surface area contributed by atoms with E-state index in [1.165, 1.54) is 17.1 Å². The number of nitrogens with zero attached hydrogens (tertiary/aromatic N) is 2. The highest BCUT2D eigenvalue weighted by Gasteiger charge is 2.11. The molecule has 0 aliphatic carbocycles. The maximum Gasteiger partial charge on any atom is 0.707 e. The van der Waals surface area contributed by atoms with E-state index in [0.29, 0.717) is 6.54 Å². The second-order valence-electron chi connectivity index (χ2n) is 2.11. The monoisotopic (exact) mass is 172 g/mol. The fourth-order valence-corrected chi connectivity index (χ4v) is 0.752. The maximum absolute atomic E-state index is 8.51. The van der Waals surface area contributed by atoms with Gasteiger partial charge >= 0.3 is 7.32 Å². The molecule has 12 heavy (non-hydrogen) atoms. The summed E-state index contributed by atoms with van der Waals surface area (Å²) in [6, 6.07) is 0. The van der Waals surface area contributed by atoms with E-state index in [1.807, 2.05) is 0 Å². The van der Waals surface area contributed by atoms with Crippen LogP contribution in [0.4, 0.5) is 0 Å². The van der Waals surface area contributed by atoms with Crippen LogP contribution in [0.3, 0.4) is 0 Å². The fraction of sp³-hybridized carbons (Fsp3) is 0.400. The van der Waals surface area contributed by atoms with E-state index in [0.717, 1.165) is 0 Å². The Morgan fingerprint density at radius 3 is 2.92 bits per heavy atom. The van der Waals surface area contributed by atoms with Crippen LogP contribution in [-0.2, 0) is 6.54 Å². The van der Waals surface area contributed by atoms with Crippen LogP contribution in [0, 0.1) is 0 Å². The van der Waals surface area contributed by atoms with Gasteiger partial charge in [-0.25, -0.2) is 0 Å². The van der Waals surface area contributed by atoms with Crippen LogP contribution < -0.4 is 4.65 Å². The summed E-state index contributed by atoms with van der Waals surface area (Å²) in [4.78, 5) is 0. The van der Waals surface area contributed by atoms with E-state index in [1.54, 1.807) is 0 Å². The summed E-state index contributed by atoms with van der Waals surface area (Å²) in [6.45, 7) is 0.327. The molecule has 66 valence electrons. The van der Waals surface area contributed by atoms with Crippen molar-refractivity contribution in [3.8, 4) is 5.75 Å². The first-order valence-corrected chi connectivity index (χ1v) is 3.38. The number of rotatable bonds is 4. The molecule has 0 fully saturated rings. The van der Waals surface area contributed by atoms with Gasteiger partial charge in [-0.1, -0.05) is 0 Å². The third-order valence-electron chi connectivity index (χ3n) is 1.18. The van der Waals surface area contributed by atoms with E-state index in [-0.39, 0.29) is 12.4 Å². The average molecular weight is 172 g/mol. The summed E-state index contributed by atoms with van der Waals surface area (Å²) >= 11 is 0. The molecule has 7 heteroatoms. The summed E-state index contributed by atoms with van der Waals surface area (Å²) < 4.78 is 5.92. The molecule has 1 aromatic heterocycles. The molecule has 0 saturated carbocycles. The van der Waals surface area contributed by atoms with Crippen molar-refractivity contribution >= 4 is 7.32 Å². The number of aliphatic hydroxyl groups excluding tert-OH is 1. The summed E-state index contributed by atoms with van der Waals surface area (Å²) in [5.41, 5.74) is 0. The van der Waals surface area contributed by atoms with Crippen molar-refractivity contribution in [1.29, 1.82) is 0 Å². The number of hydrogen-bond acceptors (Lipinski definition) is 5. The molecule has 1 aromatic rings. The largest absolute Gasteiger partial charge is 0.707 e. The Labute approximate surface area is 69.2 Å². The van der Waals surface area contributed by atoms with Gasteiger partial charge in [0.15, 0.2) is 0 Å². The van der Waals surface area contributed by atoms with Crippen LogP contribution in [0.2, 0.25) is 0 Å². The minimum Gasteiger partial charge on any atom is -0.509 e. The van der Waals surface area contributed by atoms with Crippen molar-refractivity contribution in [3.63, 3.8) is 0 Å². The van der Waals surface area contributed by atoms with Crippen molar-refractivity contribution in [2.45, 2.75) is 6.54 Å². The molecular formula is C5H9BN2O4. The molecule has 0 unspecified atom stereocenters. The van der Waals surface area contributed by atoms with Crippen LogP contribution in [-0.4, -0.2) is 38.9 Å². The van der Waals surface area contributed by atoms with Crippen molar-refractivity contribution < 1.29 is 19.8 Å². The molecule has 0 radical (unpaired) electrons. The summed E-state index contributed by atoms with van der Waals surface area (Å²) in [5, 5.41) is 29.1. The normalized spacial score (nSPS) is 9.92. The Kier molecular flexibility index (Phi) is 3.09. The highest BCUT2D eigenvalue weighted by atomic mass is 16.6. The minimum atomic E-state index is -1.84. The SMILES string of the molecule is OCCn1cc(OB(O)O)cn1. The summed E-state index contributed by atoms with van der Waals surface area (Å²) in [7, 11) is -1.84. The zero-order chi connectivity index (χ0) is 8.97. The Hall–Kier alpha value is -1.05. The lowest BCUT2D eigenvalue weighted by atomic mass is 10.3. The molecule has 0 atom stereocenters. The Balaban J connectivity index is 2.52. The van der Waals surface area contributed by atoms with E-state index >= 15 is 0 Å². The van der Waals surface area contributed by atoms with Crippen LogP contribution in [0.1, 0.15) is 0 Å². The average Bonchev–Trinajstić information content (AvgIpc) is 2.36. The van der Waals surface area contributed by atoms with Gasteiger partial charge in [-0.2, -0.15) is 5.10 Å². The predicted molar refractivity (Wildman–Crippen MR) is 40.1 cm³/mol. The van der Waals surface area contributed by atoms with Crippen LogP contribution in [0.25, 0.3) is 0 Å². The lowest BCUT2D eigenvalue weighted by Gasteiger charge is -1.98. The van der Waals surface area contributed by atoms with Crippen molar-refractivity contribution in [1.82, 2.24) is 9.78 Å². The highest BCUT2D eigenvalue weighted by Crippen LogP contribution is 2.07. The van der Waals surface area contributed by atoms with Gasteiger partial charge in [-0.3, -0.25) is 4.68 Å². The van der Waals surface area contributed by atoms with Crippen LogP contribution in [0.5, 0.6) is 5.75 Å². The molecule has 0 spiro atoms. The minimum absolute atomic E-state index is 0.0250. The zero-order valence-electron chi connectivity index (χ0n) is 6.29. The van der Waals surface area contributed by atoms with E-state index in [9.17, 15) is 0 Å². The van der Waals surface area contributed by atoms with E-state index < -0.39 is 7.32 Å². The predicted octanol–water partition coefficient (Wildman–Crippen LogP) is -1.78. The Morgan fingerprint density at radius 2 is 2.33 bits per heavy atom. The number of aromatic nitrogens is 2. The molecule has 0 aromatic carbocycles. The molecular weight excluding hydrogens is 163 g/mol. The first-order chi connectivity index (χ1) is 5.72. The van der Waals surface area contributed by atoms with Crippen molar-refractivity contribution in [2.75, 3.05) is 6.61 Å². The van der Waals surface area contributed by atoms with Gasteiger partial charge in [-0.05, 0) is 0 Å². The molecule has 0 saturated heterocycles. The van der Waals surface area contributed by atoms with E-state index in [4.69, 9.17) is 15.2 Å². The fourth-order valence-electron chi connectivity index (χ4n) is 0.752. The van der Waals surface area contributed by atoms with Gasteiger partial charge in [0.05, 0.1) is 25.5 Å². The molecule has 0 aliphatic heterocycles. The van der Waals surface area contributed by atoms with Gasteiger partial charge in [0, 0.05) is 0 Å². The zero-order valence-corrected chi connectivity index (χ0v) is 6.29. The van der Waals surface area contributed by atoms with Gasteiger partial charge < -0.3 is 19.8 Å². The third kappa shape index (κ3) is 2.53. The number of aliphatic hydroxyl groups is 1. The quantitative estimate of drug-likeness (QED) is 0.467. The standard InChI is InChI=1S/C5H9BN2O4/c9-2-1-8-4-5(3-7-8)12-6(10)11/h3-4,9-11H,1-2H2. The Bertz CT molecular complexity index is 239. The van der Waals surface area contributed by atoms with Gasteiger partial charge in [-0.15, -0.1) is 0 Å². The van der Waals surface area contributed by atoms with Crippen LogP contribution in [0.15, 0.2) is 12.4 Å². The molecule has 1 rings (SSSR count). The molecule has 3 N–H and O–H groups in total. The van der Waals surface area contributed by atoms with Crippen LogP contribution >= 0.6 is 0 Å². The second kappa shape index (κ2) is 4.10.